The van der Waals surface area contributed by atoms with E-state index in [2.05, 4.69) is 15.5 Å². The van der Waals surface area contributed by atoms with Crippen molar-refractivity contribution in [3.05, 3.63) is 84.7 Å². The summed E-state index contributed by atoms with van der Waals surface area (Å²) in [4.78, 5) is 12.6. The van der Waals surface area contributed by atoms with Crippen molar-refractivity contribution in [1.29, 1.82) is 0 Å². The van der Waals surface area contributed by atoms with Gasteiger partial charge in [-0.1, -0.05) is 54.2 Å². The van der Waals surface area contributed by atoms with Crippen LogP contribution >= 0.6 is 11.8 Å². The molecule has 3 aromatic carbocycles. The van der Waals surface area contributed by atoms with Gasteiger partial charge in [0.2, 0.25) is 5.91 Å². The monoisotopic (exact) mass is 482 g/mol. The predicted molar refractivity (Wildman–Crippen MR) is 126 cm³/mol. The largest absolute Gasteiger partial charge is 0.324 e. The fourth-order valence-corrected chi connectivity index (χ4v) is 4.80. The molecule has 0 spiro atoms. The molecule has 0 saturated heterocycles. The topological polar surface area (TPSA) is 93.9 Å². The molecule has 0 saturated carbocycles. The first-order valence-corrected chi connectivity index (χ1v) is 12.7. The number of amides is 1. The van der Waals surface area contributed by atoms with Gasteiger partial charge in [0.1, 0.15) is 5.82 Å². The number of aromatic nitrogens is 3. The van der Waals surface area contributed by atoms with Gasteiger partial charge in [0, 0.05) is 11.9 Å². The molecule has 1 N–H and O–H groups in total. The van der Waals surface area contributed by atoms with Gasteiger partial charge in [-0.2, -0.15) is 0 Å². The van der Waals surface area contributed by atoms with Gasteiger partial charge in [-0.3, -0.25) is 9.36 Å². The molecule has 0 unspecified atom stereocenters. The van der Waals surface area contributed by atoms with Crippen LogP contribution < -0.4 is 5.32 Å². The van der Waals surface area contributed by atoms with E-state index >= 15 is 0 Å². The number of halogens is 1. The minimum atomic E-state index is -3.50. The molecule has 0 fully saturated rings. The lowest BCUT2D eigenvalue weighted by molar-refractivity contribution is -0.113. The SMILES string of the molecule is CS(=O)(=O)c1ccccc1NC(=O)CSc1nnc(-c2ccccc2F)n1-c1ccccc1. The highest BCUT2D eigenvalue weighted by atomic mass is 32.2. The van der Waals surface area contributed by atoms with Crippen molar-refractivity contribution < 1.29 is 17.6 Å². The summed E-state index contributed by atoms with van der Waals surface area (Å²) in [5.41, 5.74) is 1.21. The second-order valence-electron chi connectivity index (χ2n) is 7.06. The molecule has 1 heterocycles. The van der Waals surface area contributed by atoms with E-state index in [1.165, 1.54) is 18.2 Å². The summed E-state index contributed by atoms with van der Waals surface area (Å²) in [6.45, 7) is 0. The second-order valence-corrected chi connectivity index (χ2v) is 9.99. The van der Waals surface area contributed by atoms with Crippen LogP contribution in [0.4, 0.5) is 10.1 Å². The number of benzene rings is 3. The molecule has 4 rings (SSSR count). The third kappa shape index (κ3) is 5.12. The fourth-order valence-electron chi connectivity index (χ4n) is 3.20. The summed E-state index contributed by atoms with van der Waals surface area (Å²) < 4.78 is 40.1. The number of nitrogens with one attached hydrogen (secondary N) is 1. The maximum Gasteiger partial charge on any atom is 0.234 e. The highest BCUT2D eigenvalue weighted by Crippen LogP contribution is 2.29. The first-order valence-electron chi connectivity index (χ1n) is 9.82. The number of hydrogen-bond acceptors (Lipinski definition) is 6. The zero-order chi connectivity index (χ0) is 23.4. The van der Waals surface area contributed by atoms with Crippen LogP contribution in [-0.2, 0) is 14.6 Å². The van der Waals surface area contributed by atoms with Gasteiger partial charge in [-0.05, 0) is 36.4 Å². The summed E-state index contributed by atoms with van der Waals surface area (Å²) in [6.07, 6.45) is 1.08. The quantitative estimate of drug-likeness (QED) is 0.397. The first-order chi connectivity index (χ1) is 15.8. The number of anilines is 1. The maximum absolute atomic E-state index is 14.5. The van der Waals surface area contributed by atoms with Gasteiger partial charge < -0.3 is 5.32 Å². The zero-order valence-corrected chi connectivity index (χ0v) is 19.1. The fraction of sp³-hybridized carbons (Fsp3) is 0.0870. The summed E-state index contributed by atoms with van der Waals surface area (Å²) in [7, 11) is -3.50. The van der Waals surface area contributed by atoms with Crippen molar-refractivity contribution in [3.63, 3.8) is 0 Å². The Kier molecular flexibility index (Phi) is 6.57. The van der Waals surface area contributed by atoms with E-state index in [0.717, 1.165) is 18.0 Å². The number of hydrogen-bond donors (Lipinski definition) is 1. The van der Waals surface area contributed by atoms with Crippen molar-refractivity contribution >= 4 is 33.2 Å². The Morgan fingerprint density at radius 2 is 1.64 bits per heavy atom. The zero-order valence-electron chi connectivity index (χ0n) is 17.5. The van der Waals surface area contributed by atoms with Gasteiger partial charge in [0.15, 0.2) is 20.8 Å². The van der Waals surface area contributed by atoms with Crippen LogP contribution in [0.5, 0.6) is 0 Å². The van der Waals surface area contributed by atoms with Gasteiger partial charge in [0.25, 0.3) is 0 Å². The molecule has 0 bridgehead atoms. The Morgan fingerprint density at radius 3 is 2.36 bits per heavy atom. The highest BCUT2D eigenvalue weighted by Gasteiger charge is 2.20. The van der Waals surface area contributed by atoms with Crippen LogP contribution in [0.25, 0.3) is 17.1 Å². The molecule has 0 aliphatic heterocycles. The summed E-state index contributed by atoms with van der Waals surface area (Å²) in [6, 6.07) is 21.7. The van der Waals surface area contributed by atoms with Crippen molar-refractivity contribution in [2.24, 2.45) is 0 Å². The van der Waals surface area contributed by atoms with E-state index < -0.39 is 21.6 Å². The van der Waals surface area contributed by atoms with E-state index in [1.807, 2.05) is 30.3 Å². The van der Waals surface area contributed by atoms with Gasteiger partial charge in [-0.15, -0.1) is 10.2 Å². The van der Waals surface area contributed by atoms with Crippen LogP contribution in [0.15, 0.2) is 88.9 Å². The number of thioether (sulfide) groups is 1. The van der Waals surface area contributed by atoms with Gasteiger partial charge in [-0.25, -0.2) is 12.8 Å². The predicted octanol–water partition coefficient (Wildman–Crippen LogP) is 4.21. The number of carbonyl (C=O) groups is 1. The minimum absolute atomic E-state index is 0.0395. The van der Waals surface area contributed by atoms with Gasteiger partial charge in [0.05, 0.1) is 21.9 Å². The van der Waals surface area contributed by atoms with E-state index in [0.29, 0.717) is 16.7 Å². The molecule has 7 nitrogen and oxygen atoms in total. The van der Waals surface area contributed by atoms with Crippen LogP contribution in [0.3, 0.4) is 0 Å². The second kappa shape index (κ2) is 9.55. The van der Waals surface area contributed by atoms with Crippen LogP contribution in [0.2, 0.25) is 0 Å². The van der Waals surface area contributed by atoms with Crippen LogP contribution in [-0.4, -0.2) is 41.1 Å². The lowest BCUT2D eigenvalue weighted by Crippen LogP contribution is -2.16. The summed E-state index contributed by atoms with van der Waals surface area (Å²) in [5, 5.41) is 11.4. The normalized spacial score (nSPS) is 11.3. The number of sulfone groups is 1. The van der Waals surface area contributed by atoms with Crippen LogP contribution in [0, 0.1) is 5.82 Å². The average Bonchev–Trinajstić information content (AvgIpc) is 3.22. The average molecular weight is 483 g/mol. The molecule has 1 aromatic heterocycles. The number of carbonyl (C=O) groups excluding carboxylic acids is 1. The Bertz CT molecular complexity index is 1410. The Balaban J connectivity index is 1.61. The standard InChI is InChI=1S/C23H19FN4O3S2/c1-33(30,31)20-14-8-7-13-19(20)25-21(29)15-32-23-27-26-22(17-11-5-6-12-18(17)24)28(23)16-9-3-2-4-10-16/h2-14H,15H2,1H3,(H,25,29). The lowest BCUT2D eigenvalue weighted by Gasteiger charge is -2.11. The minimum Gasteiger partial charge on any atom is -0.324 e. The van der Waals surface area contributed by atoms with Gasteiger partial charge >= 0.3 is 0 Å². The van der Waals surface area contributed by atoms with E-state index in [1.54, 1.807) is 34.9 Å². The molecule has 33 heavy (non-hydrogen) atoms. The molecule has 0 atom stereocenters. The Hall–Kier alpha value is -3.50. The summed E-state index contributed by atoms with van der Waals surface area (Å²) in [5.74, 6) is -0.593. The maximum atomic E-state index is 14.5. The number of para-hydroxylation sites is 2. The molecule has 0 aliphatic rings. The number of rotatable bonds is 7. The molecule has 10 heteroatoms. The Morgan fingerprint density at radius 1 is 0.970 bits per heavy atom. The van der Waals surface area contributed by atoms with E-state index in [-0.39, 0.29) is 21.9 Å². The molecule has 4 aromatic rings. The molecular weight excluding hydrogens is 463 g/mol. The van der Waals surface area contributed by atoms with Crippen LogP contribution in [0.1, 0.15) is 0 Å². The highest BCUT2D eigenvalue weighted by molar-refractivity contribution is 7.99. The van der Waals surface area contributed by atoms with Crippen molar-refractivity contribution in [3.8, 4) is 17.1 Å². The van der Waals surface area contributed by atoms with E-state index in [9.17, 15) is 17.6 Å². The smallest absolute Gasteiger partial charge is 0.234 e. The third-order valence-corrected chi connectivity index (χ3v) is 6.74. The molecule has 1 amide bonds. The van der Waals surface area contributed by atoms with Crippen molar-refractivity contribution in [2.75, 3.05) is 17.3 Å². The molecule has 0 radical (unpaired) electrons. The summed E-state index contributed by atoms with van der Waals surface area (Å²) >= 11 is 1.11. The molecule has 0 aliphatic carbocycles. The third-order valence-electron chi connectivity index (χ3n) is 4.66. The van der Waals surface area contributed by atoms with Crippen molar-refractivity contribution in [2.45, 2.75) is 10.1 Å². The lowest BCUT2D eigenvalue weighted by atomic mass is 10.2. The number of nitrogens with zero attached hydrogens (tertiary/aromatic N) is 3. The van der Waals surface area contributed by atoms with Crippen molar-refractivity contribution in [1.82, 2.24) is 14.8 Å². The molecule has 168 valence electrons. The Labute approximate surface area is 194 Å². The molecular formula is C23H19FN4O3S2. The van der Waals surface area contributed by atoms with E-state index in [4.69, 9.17) is 0 Å². The first kappa shape index (κ1) is 22.7.